The summed E-state index contributed by atoms with van der Waals surface area (Å²) in [6.07, 6.45) is 5.46. The molecule has 2 N–H and O–H groups in total. The van der Waals surface area contributed by atoms with Crippen molar-refractivity contribution >= 4 is 23.0 Å². The van der Waals surface area contributed by atoms with Gasteiger partial charge in [0.2, 0.25) is 0 Å². The number of nitrogens with two attached hydrogens (primary N) is 1. The standard InChI is InChI=1S/C13H19ClN2/c1-16(9-10-4-2-3-5-10)13-8-11(14)6-7-12(13)15/h6-8,10H,2-5,9,15H2,1H3. The molecule has 2 nitrogen and oxygen atoms in total. The van der Waals surface area contributed by atoms with Crippen LogP contribution in [0.1, 0.15) is 25.7 Å². The second-order valence-corrected chi connectivity index (χ2v) is 5.17. The molecule has 0 saturated heterocycles. The van der Waals surface area contributed by atoms with Gasteiger partial charge in [-0.15, -0.1) is 0 Å². The van der Waals surface area contributed by atoms with Gasteiger partial charge < -0.3 is 10.6 Å². The SMILES string of the molecule is CN(CC1CCCC1)c1cc(Cl)ccc1N. The first kappa shape index (κ1) is 11.6. The molecule has 0 bridgehead atoms. The van der Waals surface area contributed by atoms with Gasteiger partial charge in [0.05, 0.1) is 11.4 Å². The summed E-state index contributed by atoms with van der Waals surface area (Å²) in [6, 6.07) is 5.67. The van der Waals surface area contributed by atoms with Crippen LogP contribution in [-0.2, 0) is 0 Å². The van der Waals surface area contributed by atoms with Crippen molar-refractivity contribution in [1.29, 1.82) is 0 Å². The average molecular weight is 239 g/mol. The molecule has 0 aliphatic heterocycles. The molecule has 0 radical (unpaired) electrons. The molecule has 1 aliphatic rings. The molecule has 3 heteroatoms. The van der Waals surface area contributed by atoms with Crippen molar-refractivity contribution in [2.45, 2.75) is 25.7 Å². The lowest BCUT2D eigenvalue weighted by molar-refractivity contribution is 0.547. The highest BCUT2D eigenvalue weighted by atomic mass is 35.5. The van der Waals surface area contributed by atoms with Crippen molar-refractivity contribution in [1.82, 2.24) is 0 Å². The molecular formula is C13H19ClN2. The third-order valence-corrected chi connectivity index (χ3v) is 3.65. The first-order valence-corrected chi connectivity index (χ1v) is 6.31. The molecule has 1 aromatic carbocycles. The van der Waals surface area contributed by atoms with Gasteiger partial charge >= 0.3 is 0 Å². The first-order valence-electron chi connectivity index (χ1n) is 5.93. The van der Waals surface area contributed by atoms with Gasteiger partial charge in [-0.25, -0.2) is 0 Å². The first-order chi connectivity index (χ1) is 7.66. The topological polar surface area (TPSA) is 29.3 Å². The quantitative estimate of drug-likeness (QED) is 0.816. The summed E-state index contributed by atoms with van der Waals surface area (Å²) in [5.74, 6) is 0.823. The van der Waals surface area contributed by atoms with Crippen LogP contribution in [0.25, 0.3) is 0 Å². The number of nitrogen functional groups attached to an aromatic ring is 1. The number of rotatable bonds is 3. The Morgan fingerprint density at radius 3 is 2.75 bits per heavy atom. The molecule has 16 heavy (non-hydrogen) atoms. The van der Waals surface area contributed by atoms with Crippen LogP contribution in [0.3, 0.4) is 0 Å². The van der Waals surface area contributed by atoms with E-state index in [9.17, 15) is 0 Å². The van der Waals surface area contributed by atoms with Crippen molar-refractivity contribution in [3.8, 4) is 0 Å². The Kier molecular flexibility index (Phi) is 3.59. The molecule has 88 valence electrons. The van der Waals surface area contributed by atoms with E-state index in [-0.39, 0.29) is 0 Å². The van der Waals surface area contributed by atoms with Crippen LogP contribution in [0.4, 0.5) is 11.4 Å². The van der Waals surface area contributed by atoms with Gasteiger partial charge in [0.1, 0.15) is 0 Å². The molecule has 1 saturated carbocycles. The van der Waals surface area contributed by atoms with Crippen molar-refractivity contribution < 1.29 is 0 Å². The Hall–Kier alpha value is -0.890. The number of hydrogen-bond donors (Lipinski definition) is 1. The van der Waals surface area contributed by atoms with Crippen molar-refractivity contribution in [3.63, 3.8) is 0 Å². The van der Waals surface area contributed by atoms with Gasteiger partial charge in [0.15, 0.2) is 0 Å². The van der Waals surface area contributed by atoms with E-state index >= 15 is 0 Å². The zero-order valence-electron chi connectivity index (χ0n) is 9.75. The summed E-state index contributed by atoms with van der Waals surface area (Å²) in [6.45, 7) is 1.09. The lowest BCUT2D eigenvalue weighted by Gasteiger charge is -2.24. The van der Waals surface area contributed by atoms with Gasteiger partial charge in [0, 0.05) is 18.6 Å². The molecule has 0 amide bonds. The minimum Gasteiger partial charge on any atom is -0.397 e. The monoisotopic (exact) mass is 238 g/mol. The van der Waals surface area contributed by atoms with Gasteiger partial charge in [-0.2, -0.15) is 0 Å². The predicted octanol–water partition coefficient (Wildman–Crippen LogP) is 3.55. The molecule has 0 atom stereocenters. The molecule has 0 unspecified atom stereocenters. The van der Waals surface area contributed by atoms with E-state index in [4.69, 9.17) is 17.3 Å². The van der Waals surface area contributed by atoms with Gasteiger partial charge in [-0.05, 0) is 37.0 Å². The fourth-order valence-electron chi connectivity index (χ4n) is 2.53. The van der Waals surface area contributed by atoms with Gasteiger partial charge in [-0.3, -0.25) is 0 Å². The second kappa shape index (κ2) is 4.96. The number of halogens is 1. The van der Waals surface area contributed by atoms with Crippen LogP contribution in [0.15, 0.2) is 18.2 Å². The highest BCUT2D eigenvalue weighted by Crippen LogP contribution is 2.30. The highest BCUT2D eigenvalue weighted by Gasteiger charge is 2.17. The van der Waals surface area contributed by atoms with E-state index in [1.807, 2.05) is 18.2 Å². The maximum atomic E-state index is 6.00. The Morgan fingerprint density at radius 2 is 2.06 bits per heavy atom. The van der Waals surface area contributed by atoms with Crippen LogP contribution < -0.4 is 10.6 Å². The minimum atomic E-state index is 0.752. The number of benzene rings is 1. The van der Waals surface area contributed by atoms with E-state index in [2.05, 4.69) is 11.9 Å². The number of nitrogens with zero attached hydrogens (tertiary/aromatic N) is 1. The molecule has 2 rings (SSSR count). The van der Waals surface area contributed by atoms with Crippen LogP contribution in [-0.4, -0.2) is 13.6 Å². The van der Waals surface area contributed by atoms with Crippen molar-refractivity contribution in [2.24, 2.45) is 5.92 Å². The third kappa shape index (κ3) is 2.62. The Labute approximate surface area is 102 Å². The molecular weight excluding hydrogens is 220 g/mol. The fraction of sp³-hybridized carbons (Fsp3) is 0.538. The lowest BCUT2D eigenvalue weighted by atomic mass is 10.1. The van der Waals surface area contributed by atoms with Gasteiger partial charge in [0.25, 0.3) is 0 Å². The Bertz CT molecular complexity index is 359. The number of anilines is 2. The average Bonchev–Trinajstić information content (AvgIpc) is 2.74. The van der Waals surface area contributed by atoms with Crippen LogP contribution in [0, 0.1) is 5.92 Å². The molecule has 0 spiro atoms. The van der Waals surface area contributed by atoms with E-state index < -0.39 is 0 Å². The highest BCUT2D eigenvalue weighted by molar-refractivity contribution is 6.31. The summed E-state index contributed by atoms with van der Waals surface area (Å²) in [7, 11) is 2.10. The molecule has 0 heterocycles. The normalized spacial score (nSPS) is 16.6. The summed E-state index contributed by atoms with van der Waals surface area (Å²) in [5, 5.41) is 0.752. The largest absolute Gasteiger partial charge is 0.397 e. The van der Waals surface area contributed by atoms with E-state index in [0.717, 1.165) is 28.9 Å². The maximum Gasteiger partial charge on any atom is 0.0612 e. The lowest BCUT2D eigenvalue weighted by Crippen LogP contribution is -2.24. The maximum absolute atomic E-state index is 6.00. The van der Waals surface area contributed by atoms with E-state index in [1.165, 1.54) is 25.7 Å². The van der Waals surface area contributed by atoms with E-state index in [1.54, 1.807) is 0 Å². The van der Waals surface area contributed by atoms with Crippen molar-refractivity contribution in [3.05, 3.63) is 23.2 Å². The van der Waals surface area contributed by atoms with Crippen molar-refractivity contribution in [2.75, 3.05) is 24.2 Å². The van der Waals surface area contributed by atoms with Crippen LogP contribution >= 0.6 is 11.6 Å². The van der Waals surface area contributed by atoms with Gasteiger partial charge in [-0.1, -0.05) is 24.4 Å². The second-order valence-electron chi connectivity index (χ2n) is 4.73. The molecule has 1 aliphatic carbocycles. The molecule has 0 aromatic heterocycles. The summed E-state index contributed by atoms with van der Waals surface area (Å²) < 4.78 is 0. The summed E-state index contributed by atoms with van der Waals surface area (Å²) >= 11 is 6.00. The van der Waals surface area contributed by atoms with Crippen LogP contribution in [0.2, 0.25) is 5.02 Å². The molecule has 1 fully saturated rings. The third-order valence-electron chi connectivity index (χ3n) is 3.41. The smallest absolute Gasteiger partial charge is 0.0612 e. The Balaban J connectivity index is 2.07. The van der Waals surface area contributed by atoms with Crippen LogP contribution in [0.5, 0.6) is 0 Å². The minimum absolute atomic E-state index is 0.752. The predicted molar refractivity (Wildman–Crippen MR) is 71.1 cm³/mol. The summed E-state index contributed by atoms with van der Waals surface area (Å²) in [5.41, 5.74) is 7.83. The number of hydrogen-bond acceptors (Lipinski definition) is 2. The Morgan fingerprint density at radius 1 is 1.38 bits per heavy atom. The zero-order valence-corrected chi connectivity index (χ0v) is 10.5. The van der Waals surface area contributed by atoms with E-state index in [0.29, 0.717) is 0 Å². The molecule has 1 aromatic rings. The summed E-state index contributed by atoms with van der Waals surface area (Å²) in [4.78, 5) is 2.23. The zero-order chi connectivity index (χ0) is 11.5. The fourth-order valence-corrected chi connectivity index (χ4v) is 2.69.